The van der Waals surface area contributed by atoms with E-state index < -0.39 is 0 Å². The molecule has 0 aliphatic rings. The van der Waals surface area contributed by atoms with Crippen LogP contribution in [0.5, 0.6) is 0 Å². The summed E-state index contributed by atoms with van der Waals surface area (Å²) in [5, 5.41) is 0. The van der Waals surface area contributed by atoms with E-state index in [4.69, 9.17) is 0 Å². The second-order valence-corrected chi connectivity index (χ2v) is 4.78. The largest absolute Gasteiger partial charge is 0.342 e. The van der Waals surface area contributed by atoms with Crippen LogP contribution in [0.3, 0.4) is 0 Å². The minimum absolute atomic E-state index is 0.130. The Morgan fingerprint density at radius 3 is 2.18 bits per heavy atom. The van der Waals surface area contributed by atoms with Crippen molar-refractivity contribution in [2.45, 2.75) is 65.2 Å². The maximum atomic E-state index is 10.9. The zero-order valence-corrected chi connectivity index (χ0v) is 11.9. The number of likely N-dealkylation sites (N-methyl/N-ethyl adjacent to an activating group) is 1. The number of hydrogen-bond donors (Lipinski definition) is 0. The van der Waals surface area contributed by atoms with Gasteiger partial charge in [0.05, 0.1) is 0 Å². The van der Waals surface area contributed by atoms with E-state index in [1.54, 1.807) is 11.8 Å². The average Bonchev–Trinajstić information content (AvgIpc) is 2.31. The van der Waals surface area contributed by atoms with Gasteiger partial charge in [-0.15, -0.1) is 0 Å². The third kappa shape index (κ3) is 11.5. The van der Waals surface area contributed by atoms with E-state index in [9.17, 15) is 4.79 Å². The van der Waals surface area contributed by atoms with Gasteiger partial charge in [-0.1, -0.05) is 57.6 Å². The van der Waals surface area contributed by atoms with Crippen molar-refractivity contribution >= 4 is 5.91 Å². The maximum absolute atomic E-state index is 10.9. The van der Waals surface area contributed by atoms with Crippen molar-refractivity contribution in [1.29, 1.82) is 0 Å². The minimum Gasteiger partial charge on any atom is -0.342 e. The number of allylic oxidation sites excluding steroid dienone is 1. The molecule has 0 aliphatic heterocycles. The second kappa shape index (κ2) is 11.7. The van der Waals surface area contributed by atoms with Crippen LogP contribution in [0.2, 0.25) is 0 Å². The standard InChI is InChI=1S/C15H29NO/c1-4-5-6-7-8-9-10-11-12-13-14-16(3)15(2)17/h12-13H,4-11,14H2,1-3H3. The van der Waals surface area contributed by atoms with Crippen LogP contribution in [0.1, 0.15) is 65.2 Å². The van der Waals surface area contributed by atoms with Gasteiger partial charge in [0.2, 0.25) is 5.91 Å². The third-order valence-electron chi connectivity index (χ3n) is 3.06. The van der Waals surface area contributed by atoms with Crippen LogP contribution in [-0.4, -0.2) is 24.4 Å². The summed E-state index contributed by atoms with van der Waals surface area (Å²) in [6, 6.07) is 0. The van der Waals surface area contributed by atoms with Crippen molar-refractivity contribution in [3.05, 3.63) is 12.2 Å². The van der Waals surface area contributed by atoms with E-state index in [0.29, 0.717) is 0 Å². The summed E-state index contributed by atoms with van der Waals surface area (Å²) in [5.41, 5.74) is 0. The number of unbranched alkanes of at least 4 members (excludes halogenated alkanes) is 7. The molecule has 0 unspecified atom stereocenters. The fourth-order valence-electron chi connectivity index (χ4n) is 1.70. The minimum atomic E-state index is 0.130. The molecule has 0 radical (unpaired) electrons. The second-order valence-electron chi connectivity index (χ2n) is 4.78. The van der Waals surface area contributed by atoms with Crippen LogP contribution in [0.25, 0.3) is 0 Å². The molecule has 17 heavy (non-hydrogen) atoms. The molecule has 0 fully saturated rings. The van der Waals surface area contributed by atoms with Crippen LogP contribution >= 0.6 is 0 Å². The van der Waals surface area contributed by atoms with Gasteiger partial charge < -0.3 is 4.90 Å². The first kappa shape index (κ1) is 16.2. The summed E-state index contributed by atoms with van der Waals surface area (Å²) >= 11 is 0. The Labute approximate surface area is 107 Å². The number of rotatable bonds is 10. The normalized spacial score (nSPS) is 11.0. The summed E-state index contributed by atoms with van der Waals surface area (Å²) in [4.78, 5) is 12.7. The first-order valence-electron chi connectivity index (χ1n) is 7.05. The van der Waals surface area contributed by atoms with Gasteiger partial charge in [-0.05, 0) is 12.8 Å². The molecule has 0 heterocycles. The zero-order valence-electron chi connectivity index (χ0n) is 11.9. The molecule has 0 spiro atoms. The predicted octanol–water partition coefficient (Wildman–Crippen LogP) is 4.16. The highest BCUT2D eigenvalue weighted by atomic mass is 16.2. The molecule has 0 atom stereocenters. The van der Waals surface area contributed by atoms with Gasteiger partial charge in [0.1, 0.15) is 0 Å². The quantitative estimate of drug-likeness (QED) is 0.414. The number of amides is 1. The molecule has 0 rings (SSSR count). The Morgan fingerprint density at radius 1 is 1.00 bits per heavy atom. The number of hydrogen-bond acceptors (Lipinski definition) is 1. The van der Waals surface area contributed by atoms with Gasteiger partial charge in [0, 0.05) is 20.5 Å². The smallest absolute Gasteiger partial charge is 0.219 e. The summed E-state index contributed by atoms with van der Waals surface area (Å²) in [6.45, 7) is 4.60. The van der Waals surface area contributed by atoms with Crippen molar-refractivity contribution < 1.29 is 4.79 Å². The van der Waals surface area contributed by atoms with Gasteiger partial charge in [-0.3, -0.25) is 4.79 Å². The maximum Gasteiger partial charge on any atom is 0.219 e. The molecular formula is C15H29NO. The molecule has 0 aromatic heterocycles. The van der Waals surface area contributed by atoms with E-state index in [1.165, 1.54) is 44.9 Å². The fourth-order valence-corrected chi connectivity index (χ4v) is 1.70. The molecule has 2 nitrogen and oxygen atoms in total. The SMILES string of the molecule is CCCCCCCCCC=CCN(C)C(C)=O. The van der Waals surface area contributed by atoms with E-state index >= 15 is 0 Å². The van der Waals surface area contributed by atoms with E-state index in [2.05, 4.69) is 19.1 Å². The molecule has 0 aromatic carbocycles. The van der Waals surface area contributed by atoms with Crippen LogP contribution < -0.4 is 0 Å². The van der Waals surface area contributed by atoms with Gasteiger partial charge >= 0.3 is 0 Å². The highest BCUT2D eigenvalue weighted by Gasteiger charge is 1.96. The monoisotopic (exact) mass is 239 g/mol. The Morgan fingerprint density at radius 2 is 1.59 bits per heavy atom. The van der Waals surface area contributed by atoms with Gasteiger partial charge in [0.25, 0.3) is 0 Å². The zero-order chi connectivity index (χ0) is 12.9. The third-order valence-corrected chi connectivity index (χ3v) is 3.06. The lowest BCUT2D eigenvalue weighted by Gasteiger charge is -2.10. The first-order chi connectivity index (χ1) is 8.18. The Bertz CT molecular complexity index is 211. The highest BCUT2D eigenvalue weighted by Crippen LogP contribution is 2.08. The molecule has 0 saturated carbocycles. The van der Waals surface area contributed by atoms with Crippen molar-refractivity contribution in [1.82, 2.24) is 4.90 Å². The topological polar surface area (TPSA) is 20.3 Å². The van der Waals surface area contributed by atoms with Crippen molar-refractivity contribution in [2.75, 3.05) is 13.6 Å². The van der Waals surface area contributed by atoms with Gasteiger partial charge in [-0.25, -0.2) is 0 Å². The summed E-state index contributed by atoms with van der Waals surface area (Å²) in [6.07, 6.45) is 15.0. The Balaban J connectivity index is 3.22. The van der Waals surface area contributed by atoms with Crippen molar-refractivity contribution in [3.63, 3.8) is 0 Å². The van der Waals surface area contributed by atoms with Gasteiger partial charge in [0.15, 0.2) is 0 Å². The molecule has 0 N–H and O–H groups in total. The summed E-state index contributed by atoms with van der Waals surface area (Å²) < 4.78 is 0. The number of carbonyl (C=O) groups excluding carboxylic acids is 1. The Hall–Kier alpha value is -0.790. The van der Waals surface area contributed by atoms with Gasteiger partial charge in [-0.2, -0.15) is 0 Å². The van der Waals surface area contributed by atoms with E-state index in [-0.39, 0.29) is 5.91 Å². The predicted molar refractivity (Wildman–Crippen MR) is 75.1 cm³/mol. The first-order valence-corrected chi connectivity index (χ1v) is 7.05. The lowest BCUT2D eigenvalue weighted by Crippen LogP contribution is -2.23. The highest BCUT2D eigenvalue weighted by molar-refractivity contribution is 5.72. The lowest BCUT2D eigenvalue weighted by molar-refractivity contribution is -0.127. The summed E-state index contributed by atoms with van der Waals surface area (Å²) in [5.74, 6) is 0.130. The van der Waals surface area contributed by atoms with Crippen LogP contribution in [0.15, 0.2) is 12.2 Å². The molecular weight excluding hydrogens is 210 g/mol. The molecule has 0 aliphatic carbocycles. The molecule has 0 aromatic rings. The number of carbonyl (C=O) groups is 1. The molecule has 100 valence electrons. The van der Waals surface area contributed by atoms with E-state index in [0.717, 1.165) is 13.0 Å². The molecule has 1 amide bonds. The summed E-state index contributed by atoms with van der Waals surface area (Å²) in [7, 11) is 1.83. The molecule has 0 saturated heterocycles. The van der Waals surface area contributed by atoms with E-state index in [1.807, 2.05) is 7.05 Å². The lowest BCUT2D eigenvalue weighted by atomic mass is 10.1. The van der Waals surface area contributed by atoms with Crippen LogP contribution in [0.4, 0.5) is 0 Å². The van der Waals surface area contributed by atoms with Crippen LogP contribution in [0, 0.1) is 0 Å². The average molecular weight is 239 g/mol. The van der Waals surface area contributed by atoms with Crippen molar-refractivity contribution in [2.24, 2.45) is 0 Å². The van der Waals surface area contributed by atoms with Crippen molar-refractivity contribution in [3.8, 4) is 0 Å². The van der Waals surface area contributed by atoms with Crippen LogP contribution in [-0.2, 0) is 4.79 Å². The molecule has 0 bridgehead atoms. The molecule has 2 heteroatoms. The Kier molecular flexibility index (Phi) is 11.1. The number of nitrogens with zero attached hydrogens (tertiary/aromatic N) is 1. The fraction of sp³-hybridized carbons (Fsp3) is 0.800.